The molecule has 110 valence electrons. The van der Waals surface area contributed by atoms with Crippen molar-refractivity contribution in [2.75, 3.05) is 58.8 Å². The summed E-state index contributed by atoms with van der Waals surface area (Å²) in [7, 11) is 5.88. The molecule has 1 saturated heterocycles. The smallest absolute Gasteiger partial charge is 0.225 e. The lowest BCUT2D eigenvalue weighted by Gasteiger charge is -2.32. The van der Waals surface area contributed by atoms with Crippen molar-refractivity contribution in [2.24, 2.45) is 0 Å². The number of carbonyl (C=O) groups excluding carboxylic acids is 1. The van der Waals surface area contributed by atoms with Crippen LogP contribution in [0.3, 0.4) is 0 Å². The van der Waals surface area contributed by atoms with Crippen molar-refractivity contribution in [3.8, 4) is 0 Å². The van der Waals surface area contributed by atoms with Gasteiger partial charge in [0.25, 0.3) is 0 Å². The molecule has 1 aliphatic heterocycles. The van der Waals surface area contributed by atoms with Crippen LogP contribution < -0.4 is 4.90 Å². The molecule has 0 bridgehead atoms. The summed E-state index contributed by atoms with van der Waals surface area (Å²) in [5, 5.41) is 0. The minimum Gasteiger partial charge on any atom is -0.338 e. The fourth-order valence-corrected chi connectivity index (χ4v) is 2.26. The number of anilines is 1. The van der Waals surface area contributed by atoms with Crippen LogP contribution in [0.2, 0.25) is 0 Å². The third-order valence-electron chi connectivity index (χ3n) is 3.51. The molecule has 6 heteroatoms. The average molecular weight is 277 g/mol. The first-order valence-corrected chi connectivity index (χ1v) is 6.92. The SMILES string of the molecule is Cc1nc(N2CCN(C)CC2)ncc1C(=O)CN(C)C. The second-order valence-electron chi connectivity index (χ2n) is 5.62. The van der Waals surface area contributed by atoms with Crippen LogP contribution in [0.5, 0.6) is 0 Å². The van der Waals surface area contributed by atoms with Crippen molar-refractivity contribution in [1.29, 1.82) is 0 Å². The second-order valence-corrected chi connectivity index (χ2v) is 5.62. The average Bonchev–Trinajstić information content (AvgIpc) is 2.38. The maximum absolute atomic E-state index is 12.1. The van der Waals surface area contributed by atoms with Crippen molar-refractivity contribution in [3.05, 3.63) is 17.5 Å². The summed E-state index contributed by atoms with van der Waals surface area (Å²) >= 11 is 0. The lowest BCUT2D eigenvalue weighted by Crippen LogP contribution is -2.45. The Labute approximate surface area is 120 Å². The number of nitrogens with zero attached hydrogens (tertiary/aromatic N) is 5. The molecular formula is C14H23N5O. The molecule has 0 aliphatic carbocycles. The molecule has 1 aliphatic rings. The van der Waals surface area contributed by atoms with Gasteiger partial charge in [0.05, 0.1) is 17.8 Å². The molecule has 1 aromatic heterocycles. The Morgan fingerprint density at radius 1 is 1.30 bits per heavy atom. The number of piperazine rings is 1. The topological polar surface area (TPSA) is 52.6 Å². The third kappa shape index (κ3) is 3.52. The Bertz CT molecular complexity index is 480. The van der Waals surface area contributed by atoms with Gasteiger partial charge in [-0.1, -0.05) is 0 Å². The number of aryl methyl sites for hydroxylation is 1. The standard InChI is InChI=1S/C14H23N5O/c1-11-12(13(20)10-17(2)3)9-15-14(16-11)19-7-5-18(4)6-8-19/h9H,5-8,10H2,1-4H3. The summed E-state index contributed by atoms with van der Waals surface area (Å²) < 4.78 is 0. The minimum absolute atomic E-state index is 0.0671. The van der Waals surface area contributed by atoms with E-state index in [0.29, 0.717) is 12.1 Å². The Balaban J connectivity index is 2.11. The van der Waals surface area contributed by atoms with Crippen LogP contribution in [0.4, 0.5) is 5.95 Å². The molecule has 0 spiro atoms. The molecule has 2 heterocycles. The van der Waals surface area contributed by atoms with Gasteiger partial charge in [-0.15, -0.1) is 0 Å². The maximum atomic E-state index is 12.1. The molecule has 0 atom stereocenters. The highest BCUT2D eigenvalue weighted by Gasteiger charge is 2.18. The van der Waals surface area contributed by atoms with E-state index in [2.05, 4.69) is 26.8 Å². The highest BCUT2D eigenvalue weighted by Crippen LogP contribution is 2.13. The maximum Gasteiger partial charge on any atom is 0.225 e. The van der Waals surface area contributed by atoms with E-state index in [1.165, 1.54) is 0 Å². The van der Waals surface area contributed by atoms with Crippen LogP contribution in [0, 0.1) is 6.92 Å². The molecule has 2 rings (SSSR count). The molecule has 0 saturated carbocycles. The highest BCUT2D eigenvalue weighted by atomic mass is 16.1. The summed E-state index contributed by atoms with van der Waals surface area (Å²) in [5.41, 5.74) is 1.39. The zero-order valence-electron chi connectivity index (χ0n) is 12.8. The van der Waals surface area contributed by atoms with E-state index >= 15 is 0 Å². The van der Waals surface area contributed by atoms with Gasteiger partial charge in [0, 0.05) is 32.4 Å². The van der Waals surface area contributed by atoms with Crippen LogP contribution in [0.1, 0.15) is 16.1 Å². The van der Waals surface area contributed by atoms with Crippen LogP contribution >= 0.6 is 0 Å². The Morgan fingerprint density at radius 3 is 2.50 bits per heavy atom. The fraction of sp³-hybridized carbons (Fsp3) is 0.643. The van der Waals surface area contributed by atoms with Crippen molar-refractivity contribution < 1.29 is 4.79 Å². The van der Waals surface area contributed by atoms with Gasteiger partial charge < -0.3 is 14.7 Å². The van der Waals surface area contributed by atoms with Gasteiger partial charge >= 0.3 is 0 Å². The quantitative estimate of drug-likeness (QED) is 0.737. The highest BCUT2D eigenvalue weighted by molar-refractivity contribution is 5.98. The van der Waals surface area contributed by atoms with Gasteiger partial charge in [-0.2, -0.15) is 0 Å². The van der Waals surface area contributed by atoms with Crippen LogP contribution in [-0.4, -0.2) is 79.4 Å². The lowest BCUT2D eigenvalue weighted by atomic mass is 10.1. The van der Waals surface area contributed by atoms with E-state index in [4.69, 9.17) is 0 Å². The number of hydrogen-bond donors (Lipinski definition) is 0. The van der Waals surface area contributed by atoms with E-state index in [1.54, 1.807) is 6.20 Å². The van der Waals surface area contributed by atoms with Gasteiger partial charge in [0.1, 0.15) is 0 Å². The fourth-order valence-electron chi connectivity index (χ4n) is 2.26. The van der Waals surface area contributed by atoms with Crippen LogP contribution in [0.15, 0.2) is 6.20 Å². The molecule has 0 aromatic carbocycles. The van der Waals surface area contributed by atoms with Crippen molar-refractivity contribution >= 4 is 11.7 Å². The van der Waals surface area contributed by atoms with Crippen LogP contribution in [0.25, 0.3) is 0 Å². The number of likely N-dealkylation sites (N-methyl/N-ethyl adjacent to an activating group) is 2. The number of carbonyl (C=O) groups is 1. The number of Topliss-reactive ketones (excluding diaryl/α,β-unsaturated/α-hetero) is 1. The largest absolute Gasteiger partial charge is 0.338 e. The Kier molecular flexibility index (Phi) is 4.67. The molecule has 0 N–H and O–H groups in total. The molecular weight excluding hydrogens is 254 g/mol. The minimum atomic E-state index is 0.0671. The summed E-state index contributed by atoms with van der Waals surface area (Å²) in [4.78, 5) is 27.3. The molecule has 20 heavy (non-hydrogen) atoms. The molecule has 1 fully saturated rings. The zero-order chi connectivity index (χ0) is 14.7. The predicted molar refractivity (Wildman–Crippen MR) is 79.4 cm³/mol. The predicted octanol–water partition coefficient (Wildman–Crippen LogP) is 0.281. The molecule has 0 radical (unpaired) electrons. The monoisotopic (exact) mass is 277 g/mol. The van der Waals surface area contributed by atoms with E-state index in [9.17, 15) is 4.79 Å². The molecule has 0 unspecified atom stereocenters. The van der Waals surface area contributed by atoms with Gasteiger partial charge in [0.15, 0.2) is 5.78 Å². The molecule has 6 nitrogen and oxygen atoms in total. The summed E-state index contributed by atoms with van der Waals surface area (Å²) in [5.74, 6) is 0.800. The van der Waals surface area contributed by atoms with Gasteiger partial charge in [-0.25, -0.2) is 9.97 Å². The summed E-state index contributed by atoms with van der Waals surface area (Å²) in [6.45, 7) is 6.16. The normalized spacial score (nSPS) is 16.8. The third-order valence-corrected chi connectivity index (χ3v) is 3.51. The van der Waals surface area contributed by atoms with E-state index in [1.807, 2.05) is 25.9 Å². The van der Waals surface area contributed by atoms with Crippen molar-refractivity contribution in [1.82, 2.24) is 19.8 Å². The summed E-state index contributed by atoms with van der Waals surface area (Å²) in [6.07, 6.45) is 1.67. The molecule has 1 aromatic rings. The van der Waals surface area contributed by atoms with E-state index < -0.39 is 0 Å². The van der Waals surface area contributed by atoms with E-state index in [-0.39, 0.29) is 5.78 Å². The van der Waals surface area contributed by atoms with Gasteiger partial charge in [-0.3, -0.25) is 4.79 Å². The first kappa shape index (κ1) is 14.9. The van der Waals surface area contributed by atoms with Gasteiger partial charge in [0.2, 0.25) is 5.95 Å². The van der Waals surface area contributed by atoms with Crippen molar-refractivity contribution in [3.63, 3.8) is 0 Å². The summed E-state index contributed by atoms with van der Waals surface area (Å²) in [6, 6.07) is 0. The Hall–Kier alpha value is -1.53. The Morgan fingerprint density at radius 2 is 1.95 bits per heavy atom. The van der Waals surface area contributed by atoms with Crippen LogP contribution in [-0.2, 0) is 0 Å². The number of aromatic nitrogens is 2. The first-order chi connectivity index (χ1) is 9.47. The van der Waals surface area contributed by atoms with Crippen molar-refractivity contribution in [2.45, 2.75) is 6.92 Å². The number of ketones is 1. The lowest BCUT2D eigenvalue weighted by molar-refractivity contribution is 0.0956. The number of hydrogen-bond acceptors (Lipinski definition) is 6. The zero-order valence-corrected chi connectivity index (χ0v) is 12.8. The van der Waals surface area contributed by atoms with Gasteiger partial charge in [-0.05, 0) is 28.1 Å². The number of rotatable bonds is 4. The molecule has 0 amide bonds. The van der Waals surface area contributed by atoms with E-state index in [0.717, 1.165) is 37.8 Å². The second kappa shape index (κ2) is 6.28. The first-order valence-electron chi connectivity index (χ1n) is 6.92.